The summed E-state index contributed by atoms with van der Waals surface area (Å²) < 4.78 is 15.7. The summed E-state index contributed by atoms with van der Waals surface area (Å²) in [7, 11) is 0. The van der Waals surface area contributed by atoms with Gasteiger partial charge in [-0.1, -0.05) is 0 Å². The first-order valence-electron chi connectivity index (χ1n) is 7.17. The van der Waals surface area contributed by atoms with Gasteiger partial charge in [-0.2, -0.15) is 0 Å². The van der Waals surface area contributed by atoms with Crippen molar-refractivity contribution in [1.82, 2.24) is 9.97 Å². The lowest BCUT2D eigenvalue weighted by Crippen LogP contribution is -2.08. The summed E-state index contributed by atoms with van der Waals surface area (Å²) in [5.74, 6) is -1.13. The van der Waals surface area contributed by atoms with E-state index < -0.39 is 11.9 Å². The van der Waals surface area contributed by atoms with Crippen molar-refractivity contribution in [3.05, 3.63) is 35.9 Å². The lowest BCUT2D eigenvalue weighted by atomic mass is 10.1. The Hall–Kier alpha value is -2.96. The van der Waals surface area contributed by atoms with Crippen LogP contribution in [0.25, 0.3) is 21.9 Å². The minimum Gasteiger partial charge on any atom is -0.461 e. The van der Waals surface area contributed by atoms with E-state index in [9.17, 15) is 9.59 Å². The predicted molar refractivity (Wildman–Crippen MR) is 81.2 cm³/mol. The minimum atomic E-state index is -0.581. The monoisotopic (exact) mass is 314 g/mol. The average molecular weight is 314 g/mol. The Kier molecular flexibility index (Phi) is 3.92. The quantitative estimate of drug-likeness (QED) is 0.684. The van der Waals surface area contributed by atoms with Gasteiger partial charge in [-0.3, -0.25) is 0 Å². The maximum absolute atomic E-state index is 12.1. The fourth-order valence-electron chi connectivity index (χ4n) is 2.35. The van der Waals surface area contributed by atoms with E-state index in [1.165, 1.54) is 12.4 Å². The summed E-state index contributed by atoms with van der Waals surface area (Å²) in [5.41, 5.74) is 0.899. The molecular weight excluding hydrogens is 300 g/mol. The number of carbonyl (C=O) groups is 2. The molecule has 0 bridgehead atoms. The number of carbonyl (C=O) groups excluding carboxylic acids is 2. The zero-order valence-electron chi connectivity index (χ0n) is 12.7. The first-order chi connectivity index (χ1) is 11.2. The number of ether oxygens (including phenoxy) is 2. The fourth-order valence-corrected chi connectivity index (χ4v) is 2.35. The summed E-state index contributed by atoms with van der Waals surface area (Å²) in [4.78, 5) is 32.2. The number of rotatable bonds is 4. The Balaban J connectivity index is 2.28. The first-order valence-corrected chi connectivity index (χ1v) is 7.17. The summed E-state index contributed by atoms with van der Waals surface area (Å²) in [5, 5.41) is 1.06. The molecular formula is C16H14N2O5. The van der Waals surface area contributed by atoms with Crippen LogP contribution in [-0.2, 0) is 9.47 Å². The van der Waals surface area contributed by atoms with E-state index >= 15 is 0 Å². The van der Waals surface area contributed by atoms with Gasteiger partial charge in [0.1, 0.15) is 5.58 Å². The molecule has 7 nitrogen and oxygen atoms in total. The van der Waals surface area contributed by atoms with Gasteiger partial charge in [-0.15, -0.1) is 0 Å². The second kappa shape index (κ2) is 6.04. The maximum atomic E-state index is 12.1. The Morgan fingerprint density at radius 1 is 1.00 bits per heavy atom. The number of hydrogen-bond acceptors (Lipinski definition) is 7. The second-order valence-corrected chi connectivity index (χ2v) is 4.61. The van der Waals surface area contributed by atoms with Crippen LogP contribution in [0.15, 0.2) is 28.9 Å². The van der Waals surface area contributed by atoms with Crippen LogP contribution < -0.4 is 0 Å². The molecule has 23 heavy (non-hydrogen) atoms. The van der Waals surface area contributed by atoms with E-state index in [1.807, 2.05) is 0 Å². The van der Waals surface area contributed by atoms with E-state index in [0.717, 1.165) is 0 Å². The molecule has 3 aromatic rings. The van der Waals surface area contributed by atoms with Crippen molar-refractivity contribution in [3.8, 4) is 0 Å². The van der Waals surface area contributed by atoms with Crippen molar-refractivity contribution >= 4 is 33.9 Å². The van der Waals surface area contributed by atoms with Crippen molar-refractivity contribution in [2.24, 2.45) is 0 Å². The van der Waals surface area contributed by atoms with Crippen LogP contribution in [0.2, 0.25) is 0 Å². The second-order valence-electron chi connectivity index (χ2n) is 4.61. The molecule has 0 aromatic carbocycles. The van der Waals surface area contributed by atoms with Crippen molar-refractivity contribution in [1.29, 1.82) is 0 Å². The van der Waals surface area contributed by atoms with Gasteiger partial charge in [0.05, 0.1) is 18.6 Å². The van der Waals surface area contributed by atoms with E-state index in [0.29, 0.717) is 16.4 Å². The molecule has 0 radical (unpaired) electrons. The number of fused-ring (bicyclic) bond motifs is 3. The summed E-state index contributed by atoms with van der Waals surface area (Å²) in [6.07, 6.45) is 2.92. The molecule has 0 atom stereocenters. The molecule has 3 rings (SSSR count). The Morgan fingerprint density at radius 3 is 2.30 bits per heavy atom. The van der Waals surface area contributed by atoms with Gasteiger partial charge in [-0.05, 0) is 26.0 Å². The highest BCUT2D eigenvalue weighted by Crippen LogP contribution is 2.32. The first kappa shape index (κ1) is 15.0. The van der Waals surface area contributed by atoms with Crippen molar-refractivity contribution in [2.75, 3.05) is 13.2 Å². The summed E-state index contributed by atoms with van der Waals surface area (Å²) >= 11 is 0. The molecule has 3 heterocycles. The predicted octanol–water partition coefficient (Wildman–Crippen LogP) is 2.73. The van der Waals surface area contributed by atoms with Gasteiger partial charge < -0.3 is 13.9 Å². The van der Waals surface area contributed by atoms with Gasteiger partial charge >= 0.3 is 11.9 Å². The van der Waals surface area contributed by atoms with E-state index in [2.05, 4.69) is 9.97 Å². The van der Waals surface area contributed by atoms with Gasteiger partial charge in [0.2, 0.25) is 0 Å². The highest BCUT2D eigenvalue weighted by Gasteiger charge is 2.23. The number of pyridine rings is 2. The molecule has 0 fully saturated rings. The zero-order chi connectivity index (χ0) is 16.4. The van der Waals surface area contributed by atoms with Gasteiger partial charge in [0.15, 0.2) is 17.0 Å². The summed E-state index contributed by atoms with van der Waals surface area (Å²) in [6.45, 7) is 3.89. The number of aromatic nitrogens is 2. The van der Waals surface area contributed by atoms with Crippen LogP contribution in [-0.4, -0.2) is 35.1 Å². The zero-order valence-corrected chi connectivity index (χ0v) is 12.7. The highest BCUT2D eigenvalue weighted by molar-refractivity contribution is 6.16. The smallest absolute Gasteiger partial charge is 0.360 e. The Bertz CT molecular complexity index is 900. The molecule has 0 aliphatic carbocycles. The highest BCUT2D eigenvalue weighted by atomic mass is 16.5. The van der Waals surface area contributed by atoms with Crippen LogP contribution in [0.1, 0.15) is 34.8 Å². The lowest BCUT2D eigenvalue weighted by molar-refractivity contribution is 0.0512. The van der Waals surface area contributed by atoms with Crippen molar-refractivity contribution in [2.45, 2.75) is 13.8 Å². The minimum absolute atomic E-state index is 0.0651. The van der Waals surface area contributed by atoms with Gasteiger partial charge in [-0.25, -0.2) is 19.6 Å². The largest absolute Gasteiger partial charge is 0.461 e. The molecule has 0 spiro atoms. The van der Waals surface area contributed by atoms with Crippen molar-refractivity contribution < 1.29 is 23.5 Å². The Labute approximate surface area is 131 Å². The van der Waals surface area contributed by atoms with E-state index in [1.54, 1.807) is 26.0 Å². The number of nitrogens with zero attached hydrogens (tertiary/aromatic N) is 2. The van der Waals surface area contributed by atoms with E-state index in [4.69, 9.17) is 13.9 Å². The van der Waals surface area contributed by atoms with Crippen LogP contribution in [0.5, 0.6) is 0 Å². The molecule has 0 saturated carbocycles. The molecule has 0 amide bonds. The molecule has 0 aliphatic heterocycles. The molecule has 0 saturated heterocycles. The SMILES string of the molecule is CCOC(=O)c1nccc2c1oc1ccnc(C(=O)OCC)c12. The molecule has 0 unspecified atom stereocenters. The van der Waals surface area contributed by atoms with Crippen LogP contribution in [0.3, 0.4) is 0 Å². The average Bonchev–Trinajstić information content (AvgIpc) is 2.93. The van der Waals surface area contributed by atoms with Gasteiger partial charge in [0, 0.05) is 17.8 Å². The van der Waals surface area contributed by atoms with Crippen molar-refractivity contribution in [3.63, 3.8) is 0 Å². The normalized spacial score (nSPS) is 10.9. The van der Waals surface area contributed by atoms with Crippen LogP contribution >= 0.6 is 0 Å². The number of furan rings is 1. The summed E-state index contributed by atoms with van der Waals surface area (Å²) in [6, 6.07) is 3.28. The standard InChI is InChI=1S/C16H14N2O5/c1-3-21-15(19)12-11-9-5-7-18-13(16(20)22-4-2)14(9)23-10(11)6-8-17-12/h5-8H,3-4H2,1-2H3. The number of esters is 2. The lowest BCUT2D eigenvalue weighted by Gasteiger charge is -2.02. The molecule has 118 valence electrons. The third kappa shape index (κ3) is 2.50. The third-order valence-corrected chi connectivity index (χ3v) is 3.24. The third-order valence-electron chi connectivity index (χ3n) is 3.24. The molecule has 7 heteroatoms. The molecule has 0 N–H and O–H groups in total. The van der Waals surface area contributed by atoms with Crippen LogP contribution in [0, 0.1) is 0 Å². The molecule has 0 aliphatic rings. The fraction of sp³-hybridized carbons (Fsp3) is 0.250. The Morgan fingerprint density at radius 2 is 1.61 bits per heavy atom. The maximum Gasteiger partial charge on any atom is 0.360 e. The topological polar surface area (TPSA) is 91.5 Å². The number of hydrogen-bond donors (Lipinski definition) is 0. The molecule has 3 aromatic heterocycles. The van der Waals surface area contributed by atoms with E-state index in [-0.39, 0.29) is 30.2 Å². The van der Waals surface area contributed by atoms with Gasteiger partial charge in [0.25, 0.3) is 0 Å². The van der Waals surface area contributed by atoms with Crippen LogP contribution in [0.4, 0.5) is 0 Å².